The van der Waals surface area contributed by atoms with Crippen molar-refractivity contribution in [3.63, 3.8) is 0 Å². The fraction of sp³-hybridized carbons (Fsp3) is 0.308. The lowest BCUT2D eigenvalue weighted by atomic mass is 10.3. The highest BCUT2D eigenvalue weighted by Crippen LogP contribution is 2.29. The Balaban J connectivity index is 2.19. The Morgan fingerprint density at radius 3 is 2.57 bits per heavy atom. The third kappa shape index (κ3) is 4.30. The van der Waals surface area contributed by atoms with Crippen LogP contribution in [-0.4, -0.2) is 21.5 Å². The van der Waals surface area contributed by atoms with Crippen LogP contribution >= 0.6 is 0 Å². The first-order chi connectivity index (χ1) is 9.99. The largest absolute Gasteiger partial charge is 0.433 e. The number of hydrogen-bond acceptors (Lipinski definition) is 5. The molecule has 0 aliphatic rings. The highest BCUT2D eigenvalue weighted by atomic mass is 19.4. The number of aromatic nitrogens is 3. The third-order valence-electron chi connectivity index (χ3n) is 2.53. The first kappa shape index (κ1) is 15.0. The molecule has 0 bridgehead atoms. The summed E-state index contributed by atoms with van der Waals surface area (Å²) in [7, 11) is 0. The molecule has 0 saturated heterocycles. The van der Waals surface area contributed by atoms with Crippen LogP contribution in [0.3, 0.4) is 0 Å². The van der Waals surface area contributed by atoms with Crippen LogP contribution in [0.15, 0.2) is 30.5 Å². The molecule has 21 heavy (non-hydrogen) atoms. The third-order valence-corrected chi connectivity index (χ3v) is 2.53. The Labute approximate surface area is 119 Å². The molecule has 0 aliphatic heterocycles. The number of pyridine rings is 1. The van der Waals surface area contributed by atoms with Crippen molar-refractivity contribution in [1.29, 1.82) is 0 Å². The zero-order valence-corrected chi connectivity index (χ0v) is 11.3. The van der Waals surface area contributed by atoms with Gasteiger partial charge in [-0.3, -0.25) is 4.98 Å². The van der Waals surface area contributed by atoms with Crippen LogP contribution in [0.4, 0.5) is 24.9 Å². The first-order valence-electron chi connectivity index (χ1n) is 6.33. The number of rotatable bonds is 5. The normalized spacial score (nSPS) is 11.2. The SMILES string of the molecule is CCNc1nc(NCc2ccccn2)cc(C(F)(F)F)n1. The van der Waals surface area contributed by atoms with Gasteiger partial charge in [0.05, 0.1) is 12.2 Å². The second kappa shape index (κ2) is 6.38. The molecular formula is C13H14F3N5. The minimum Gasteiger partial charge on any atom is -0.364 e. The van der Waals surface area contributed by atoms with Gasteiger partial charge in [-0.1, -0.05) is 6.07 Å². The molecule has 112 valence electrons. The van der Waals surface area contributed by atoms with Crippen LogP contribution in [0.2, 0.25) is 0 Å². The summed E-state index contributed by atoms with van der Waals surface area (Å²) in [5, 5.41) is 5.50. The van der Waals surface area contributed by atoms with Gasteiger partial charge in [-0.25, -0.2) is 4.98 Å². The Kier molecular flexibility index (Phi) is 4.56. The van der Waals surface area contributed by atoms with Crippen LogP contribution in [0, 0.1) is 0 Å². The molecule has 2 aromatic rings. The summed E-state index contributed by atoms with van der Waals surface area (Å²) in [6.07, 6.45) is -2.91. The number of anilines is 2. The van der Waals surface area contributed by atoms with Crippen molar-refractivity contribution < 1.29 is 13.2 Å². The topological polar surface area (TPSA) is 62.7 Å². The van der Waals surface area contributed by atoms with E-state index in [-0.39, 0.29) is 18.3 Å². The van der Waals surface area contributed by atoms with Crippen LogP contribution in [0.25, 0.3) is 0 Å². The van der Waals surface area contributed by atoms with Gasteiger partial charge in [-0.2, -0.15) is 18.2 Å². The molecule has 8 heteroatoms. The van der Waals surface area contributed by atoms with Crippen molar-refractivity contribution in [3.8, 4) is 0 Å². The molecule has 0 atom stereocenters. The van der Waals surface area contributed by atoms with Gasteiger partial charge in [0.15, 0.2) is 5.69 Å². The van der Waals surface area contributed by atoms with Crippen LogP contribution in [-0.2, 0) is 12.7 Å². The van der Waals surface area contributed by atoms with Crippen molar-refractivity contribution in [2.45, 2.75) is 19.6 Å². The van der Waals surface area contributed by atoms with E-state index < -0.39 is 11.9 Å². The van der Waals surface area contributed by atoms with Gasteiger partial charge in [0.1, 0.15) is 5.82 Å². The molecule has 0 aliphatic carbocycles. The maximum Gasteiger partial charge on any atom is 0.433 e. The number of hydrogen-bond donors (Lipinski definition) is 2. The Bertz CT molecular complexity index is 586. The van der Waals surface area contributed by atoms with E-state index in [0.717, 1.165) is 6.07 Å². The summed E-state index contributed by atoms with van der Waals surface area (Å²) in [6, 6.07) is 6.21. The number of halogens is 3. The lowest BCUT2D eigenvalue weighted by molar-refractivity contribution is -0.141. The maximum atomic E-state index is 12.8. The van der Waals surface area contributed by atoms with Gasteiger partial charge in [0, 0.05) is 18.8 Å². The van der Waals surface area contributed by atoms with Gasteiger partial charge >= 0.3 is 6.18 Å². The molecule has 2 aromatic heterocycles. The summed E-state index contributed by atoms with van der Waals surface area (Å²) in [5.41, 5.74) is -0.286. The van der Waals surface area contributed by atoms with Crippen molar-refractivity contribution in [3.05, 3.63) is 41.9 Å². The monoisotopic (exact) mass is 297 g/mol. The maximum absolute atomic E-state index is 12.8. The van der Waals surface area contributed by atoms with Crippen molar-refractivity contribution in [2.75, 3.05) is 17.2 Å². The summed E-state index contributed by atoms with van der Waals surface area (Å²) in [4.78, 5) is 11.5. The van der Waals surface area contributed by atoms with Gasteiger partial charge in [-0.05, 0) is 19.1 Å². The van der Waals surface area contributed by atoms with E-state index in [1.165, 1.54) is 0 Å². The smallest absolute Gasteiger partial charge is 0.364 e. The standard InChI is InChI=1S/C13H14F3N5/c1-2-17-12-20-10(13(14,15)16)7-11(21-12)19-8-9-5-3-4-6-18-9/h3-7H,2,8H2,1H3,(H2,17,19,20,21). The molecule has 0 fully saturated rings. The van der Waals surface area contributed by atoms with Gasteiger partial charge in [-0.15, -0.1) is 0 Å². The molecule has 2 heterocycles. The van der Waals surface area contributed by atoms with Crippen molar-refractivity contribution >= 4 is 11.8 Å². The Morgan fingerprint density at radius 1 is 1.14 bits per heavy atom. The Hall–Kier alpha value is -2.38. The van der Waals surface area contributed by atoms with Crippen LogP contribution < -0.4 is 10.6 Å². The molecule has 2 N–H and O–H groups in total. The second-order valence-electron chi connectivity index (χ2n) is 4.16. The zero-order valence-electron chi connectivity index (χ0n) is 11.3. The van der Waals surface area contributed by atoms with Gasteiger partial charge in [0.2, 0.25) is 5.95 Å². The quantitative estimate of drug-likeness (QED) is 0.888. The summed E-state index contributed by atoms with van der Waals surface area (Å²) in [6.45, 7) is 2.46. The lowest BCUT2D eigenvalue weighted by Gasteiger charge is -2.12. The fourth-order valence-corrected chi connectivity index (χ4v) is 1.60. The van der Waals surface area contributed by atoms with Crippen molar-refractivity contribution in [1.82, 2.24) is 15.0 Å². The Morgan fingerprint density at radius 2 is 1.95 bits per heavy atom. The zero-order chi connectivity index (χ0) is 15.3. The number of alkyl halides is 3. The van der Waals surface area contributed by atoms with E-state index in [2.05, 4.69) is 25.6 Å². The minimum atomic E-state index is -4.52. The van der Waals surface area contributed by atoms with Gasteiger partial charge < -0.3 is 10.6 Å². The highest BCUT2D eigenvalue weighted by Gasteiger charge is 2.33. The summed E-state index contributed by atoms with van der Waals surface area (Å²) >= 11 is 0. The average Bonchev–Trinajstić information content (AvgIpc) is 2.45. The molecule has 5 nitrogen and oxygen atoms in total. The molecule has 2 rings (SSSR count). The van der Waals surface area contributed by atoms with Crippen molar-refractivity contribution in [2.24, 2.45) is 0 Å². The van der Waals surface area contributed by atoms with Crippen LogP contribution in [0.5, 0.6) is 0 Å². The predicted molar refractivity (Wildman–Crippen MR) is 72.8 cm³/mol. The molecule has 0 radical (unpaired) electrons. The highest BCUT2D eigenvalue weighted by molar-refractivity contribution is 5.43. The molecular weight excluding hydrogens is 283 g/mol. The number of nitrogens with one attached hydrogen (secondary N) is 2. The first-order valence-corrected chi connectivity index (χ1v) is 6.33. The minimum absolute atomic E-state index is 0.0594. The molecule has 0 spiro atoms. The summed E-state index contributed by atoms with van der Waals surface area (Å²) in [5.74, 6) is 0.0368. The second-order valence-corrected chi connectivity index (χ2v) is 4.16. The fourth-order valence-electron chi connectivity index (χ4n) is 1.60. The molecule has 0 saturated carbocycles. The predicted octanol–water partition coefficient (Wildman–Crippen LogP) is 2.93. The average molecular weight is 297 g/mol. The van der Waals surface area contributed by atoms with Gasteiger partial charge in [0.25, 0.3) is 0 Å². The van der Waals surface area contributed by atoms with E-state index in [4.69, 9.17) is 0 Å². The van der Waals surface area contributed by atoms with E-state index in [1.807, 2.05) is 0 Å². The van der Waals surface area contributed by atoms with E-state index in [9.17, 15) is 13.2 Å². The van der Waals surface area contributed by atoms with E-state index in [1.54, 1.807) is 31.3 Å². The molecule has 0 amide bonds. The van der Waals surface area contributed by atoms with Crippen LogP contribution in [0.1, 0.15) is 18.3 Å². The lowest BCUT2D eigenvalue weighted by Crippen LogP contribution is -2.14. The van der Waals surface area contributed by atoms with E-state index >= 15 is 0 Å². The number of nitrogens with zero attached hydrogens (tertiary/aromatic N) is 3. The van der Waals surface area contributed by atoms with E-state index in [0.29, 0.717) is 12.2 Å². The molecule has 0 unspecified atom stereocenters. The molecule has 0 aromatic carbocycles. The summed E-state index contributed by atoms with van der Waals surface area (Å²) < 4.78 is 38.4.